The molecule has 1 amide bonds. The summed E-state index contributed by atoms with van der Waals surface area (Å²) in [5.74, 6) is 0.489. The third-order valence-corrected chi connectivity index (χ3v) is 3.59. The number of carbonyl (C=O) groups is 1. The summed E-state index contributed by atoms with van der Waals surface area (Å²) in [6.45, 7) is 0.390. The molecule has 2 aromatic rings. The topological polar surface area (TPSA) is 68.2 Å². The standard InChI is InChI=1S/C15H19ClN4O2.ClH/c1-17-14(11-8-19-20(2)9-11)15(21)18-7-10-4-5-13(22-3)12(16)6-10;/h4-6,8-9,14,17H,7H2,1-3H3,(H,18,21);1H. The number of rotatable bonds is 6. The maximum atomic E-state index is 12.3. The van der Waals surface area contributed by atoms with E-state index in [0.29, 0.717) is 17.3 Å². The molecule has 126 valence electrons. The number of amides is 1. The van der Waals surface area contributed by atoms with Gasteiger partial charge in [-0.3, -0.25) is 9.48 Å². The fourth-order valence-electron chi connectivity index (χ4n) is 2.15. The van der Waals surface area contributed by atoms with E-state index in [9.17, 15) is 4.79 Å². The molecule has 0 bridgehead atoms. The Morgan fingerprint density at radius 1 is 1.48 bits per heavy atom. The van der Waals surface area contributed by atoms with Crippen LogP contribution in [-0.2, 0) is 18.4 Å². The molecular formula is C15H20Cl2N4O2. The summed E-state index contributed by atoms with van der Waals surface area (Å²) >= 11 is 6.07. The molecule has 0 saturated heterocycles. The lowest BCUT2D eigenvalue weighted by atomic mass is 10.1. The van der Waals surface area contributed by atoms with Crippen LogP contribution in [0.5, 0.6) is 5.75 Å². The van der Waals surface area contributed by atoms with Crippen LogP contribution in [0.15, 0.2) is 30.6 Å². The van der Waals surface area contributed by atoms with E-state index in [0.717, 1.165) is 11.1 Å². The minimum Gasteiger partial charge on any atom is -0.495 e. The van der Waals surface area contributed by atoms with Crippen LogP contribution in [0.4, 0.5) is 0 Å². The van der Waals surface area contributed by atoms with E-state index in [1.807, 2.05) is 19.3 Å². The van der Waals surface area contributed by atoms with Gasteiger partial charge in [0, 0.05) is 25.4 Å². The second-order valence-electron chi connectivity index (χ2n) is 4.86. The maximum Gasteiger partial charge on any atom is 0.242 e. The van der Waals surface area contributed by atoms with Crippen molar-refractivity contribution in [2.75, 3.05) is 14.2 Å². The van der Waals surface area contributed by atoms with Crippen LogP contribution in [0.1, 0.15) is 17.2 Å². The lowest BCUT2D eigenvalue weighted by Gasteiger charge is -2.15. The number of hydrogen-bond acceptors (Lipinski definition) is 4. The Hall–Kier alpha value is -1.76. The van der Waals surface area contributed by atoms with Crippen molar-refractivity contribution >= 4 is 29.9 Å². The van der Waals surface area contributed by atoms with Crippen molar-refractivity contribution in [1.82, 2.24) is 20.4 Å². The molecule has 1 heterocycles. The minimum absolute atomic E-state index is 0. The van der Waals surface area contributed by atoms with Crippen molar-refractivity contribution in [2.45, 2.75) is 12.6 Å². The second-order valence-corrected chi connectivity index (χ2v) is 5.26. The number of ether oxygens (including phenoxy) is 1. The largest absolute Gasteiger partial charge is 0.495 e. The number of nitrogens with one attached hydrogen (secondary N) is 2. The predicted octanol–water partition coefficient (Wildman–Crippen LogP) is 2.08. The molecule has 23 heavy (non-hydrogen) atoms. The maximum absolute atomic E-state index is 12.3. The van der Waals surface area contributed by atoms with E-state index in [4.69, 9.17) is 16.3 Å². The number of aryl methyl sites for hydroxylation is 1. The Labute approximate surface area is 146 Å². The molecule has 2 N–H and O–H groups in total. The van der Waals surface area contributed by atoms with Crippen LogP contribution in [0, 0.1) is 0 Å². The van der Waals surface area contributed by atoms with Crippen LogP contribution in [0.3, 0.4) is 0 Å². The van der Waals surface area contributed by atoms with Crippen LogP contribution >= 0.6 is 24.0 Å². The van der Waals surface area contributed by atoms with Gasteiger partial charge in [-0.25, -0.2) is 0 Å². The molecular weight excluding hydrogens is 339 g/mol. The van der Waals surface area contributed by atoms with Crippen LogP contribution in [0.25, 0.3) is 0 Å². The first-order chi connectivity index (χ1) is 10.5. The van der Waals surface area contributed by atoms with Crippen LogP contribution < -0.4 is 15.4 Å². The van der Waals surface area contributed by atoms with E-state index in [-0.39, 0.29) is 18.3 Å². The van der Waals surface area contributed by atoms with Gasteiger partial charge in [0.2, 0.25) is 5.91 Å². The fraction of sp³-hybridized carbons (Fsp3) is 0.333. The van der Waals surface area contributed by atoms with E-state index in [1.54, 1.807) is 37.2 Å². The number of likely N-dealkylation sites (N-methyl/N-ethyl adjacent to an activating group) is 1. The highest BCUT2D eigenvalue weighted by Gasteiger charge is 2.19. The normalized spacial score (nSPS) is 11.5. The number of hydrogen-bond donors (Lipinski definition) is 2. The highest BCUT2D eigenvalue weighted by molar-refractivity contribution is 6.32. The molecule has 6 nitrogen and oxygen atoms in total. The molecule has 1 aromatic carbocycles. The van der Waals surface area contributed by atoms with Gasteiger partial charge in [0.25, 0.3) is 0 Å². The average molecular weight is 359 g/mol. The molecule has 0 aliphatic carbocycles. The van der Waals surface area contributed by atoms with Crippen molar-refractivity contribution in [3.8, 4) is 5.75 Å². The van der Waals surface area contributed by atoms with Crippen molar-refractivity contribution in [3.63, 3.8) is 0 Å². The van der Waals surface area contributed by atoms with E-state index in [2.05, 4.69) is 15.7 Å². The predicted molar refractivity (Wildman–Crippen MR) is 92.1 cm³/mol. The Bertz CT molecular complexity index is 661. The summed E-state index contributed by atoms with van der Waals surface area (Å²) in [6.07, 6.45) is 3.48. The minimum atomic E-state index is -0.442. The molecule has 0 radical (unpaired) electrons. The Balaban J connectivity index is 0.00000264. The van der Waals surface area contributed by atoms with E-state index >= 15 is 0 Å². The zero-order valence-electron chi connectivity index (χ0n) is 13.2. The van der Waals surface area contributed by atoms with Crippen molar-refractivity contribution < 1.29 is 9.53 Å². The molecule has 0 fully saturated rings. The average Bonchev–Trinajstić information content (AvgIpc) is 2.92. The van der Waals surface area contributed by atoms with Gasteiger partial charge in [-0.05, 0) is 24.7 Å². The molecule has 0 saturated carbocycles. The number of methoxy groups -OCH3 is 1. The molecule has 0 spiro atoms. The molecule has 0 aliphatic rings. The van der Waals surface area contributed by atoms with Gasteiger partial charge in [-0.1, -0.05) is 17.7 Å². The Kier molecular flexibility index (Phi) is 7.35. The van der Waals surface area contributed by atoms with Crippen LogP contribution in [-0.4, -0.2) is 29.8 Å². The third kappa shape index (κ3) is 4.86. The first kappa shape index (κ1) is 19.3. The number of aromatic nitrogens is 2. The quantitative estimate of drug-likeness (QED) is 0.829. The van der Waals surface area contributed by atoms with Gasteiger partial charge in [0.05, 0.1) is 18.3 Å². The highest BCUT2D eigenvalue weighted by Crippen LogP contribution is 2.24. The van der Waals surface area contributed by atoms with E-state index < -0.39 is 6.04 Å². The Morgan fingerprint density at radius 2 is 2.22 bits per heavy atom. The first-order valence-corrected chi connectivity index (χ1v) is 7.19. The van der Waals surface area contributed by atoms with Gasteiger partial charge in [-0.15, -0.1) is 12.4 Å². The van der Waals surface area contributed by atoms with Gasteiger partial charge >= 0.3 is 0 Å². The van der Waals surface area contributed by atoms with Crippen molar-refractivity contribution in [2.24, 2.45) is 7.05 Å². The smallest absolute Gasteiger partial charge is 0.242 e. The lowest BCUT2D eigenvalue weighted by molar-refractivity contribution is -0.123. The number of halogens is 2. The van der Waals surface area contributed by atoms with Gasteiger partial charge < -0.3 is 15.4 Å². The van der Waals surface area contributed by atoms with Gasteiger partial charge in [-0.2, -0.15) is 5.10 Å². The molecule has 8 heteroatoms. The summed E-state index contributed by atoms with van der Waals surface area (Å²) in [5.41, 5.74) is 1.72. The highest BCUT2D eigenvalue weighted by atomic mass is 35.5. The summed E-state index contributed by atoms with van der Waals surface area (Å²) in [4.78, 5) is 12.3. The van der Waals surface area contributed by atoms with Crippen molar-refractivity contribution in [1.29, 1.82) is 0 Å². The van der Waals surface area contributed by atoms with Gasteiger partial charge in [0.15, 0.2) is 0 Å². The summed E-state index contributed by atoms with van der Waals surface area (Å²) in [5, 5.41) is 10.5. The fourth-order valence-corrected chi connectivity index (χ4v) is 2.43. The monoisotopic (exact) mass is 358 g/mol. The SMILES string of the molecule is CNC(C(=O)NCc1ccc(OC)c(Cl)c1)c1cnn(C)c1.Cl. The third-order valence-electron chi connectivity index (χ3n) is 3.29. The number of nitrogens with zero attached hydrogens (tertiary/aromatic N) is 2. The number of benzene rings is 1. The lowest BCUT2D eigenvalue weighted by Crippen LogP contribution is -2.35. The number of carbonyl (C=O) groups excluding carboxylic acids is 1. The zero-order chi connectivity index (χ0) is 16.1. The summed E-state index contributed by atoms with van der Waals surface area (Å²) in [7, 11) is 5.11. The summed E-state index contributed by atoms with van der Waals surface area (Å²) < 4.78 is 6.77. The van der Waals surface area contributed by atoms with E-state index in [1.165, 1.54) is 0 Å². The first-order valence-electron chi connectivity index (χ1n) is 6.81. The molecule has 1 aromatic heterocycles. The molecule has 1 unspecified atom stereocenters. The summed E-state index contributed by atoms with van der Waals surface area (Å²) in [6, 6.07) is 4.98. The van der Waals surface area contributed by atoms with Crippen molar-refractivity contribution in [3.05, 3.63) is 46.7 Å². The second kappa shape index (κ2) is 8.76. The van der Waals surface area contributed by atoms with Gasteiger partial charge in [0.1, 0.15) is 11.8 Å². The zero-order valence-corrected chi connectivity index (χ0v) is 14.7. The Morgan fingerprint density at radius 3 is 2.74 bits per heavy atom. The molecule has 0 aliphatic heterocycles. The molecule has 1 atom stereocenters. The van der Waals surface area contributed by atoms with Crippen LogP contribution in [0.2, 0.25) is 5.02 Å². The molecule has 2 rings (SSSR count).